The highest BCUT2D eigenvalue weighted by Crippen LogP contribution is 2.26. The molecule has 1 atom stereocenters. The molecule has 3 amide bonds. The minimum absolute atomic E-state index is 0.102. The summed E-state index contributed by atoms with van der Waals surface area (Å²) < 4.78 is 5.25. The first-order valence-corrected chi connectivity index (χ1v) is 10.1. The molecular weight excluding hydrogens is 358 g/mol. The quantitative estimate of drug-likeness (QED) is 0.689. The van der Waals surface area contributed by atoms with Crippen LogP contribution in [0.25, 0.3) is 0 Å². The van der Waals surface area contributed by atoms with Crippen molar-refractivity contribution in [3.8, 4) is 5.75 Å². The van der Waals surface area contributed by atoms with Gasteiger partial charge in [-0.15, -0.1) is 0 Å². The average molecular weight is 387 g/mol. The third-order valence-electron chi connectivity index (χ3n) is 5.54. The number of carbonyl (C=O) groups is 3. The van der Waals surface area contributed by atoms with Crippen molar-refractivity contribution in [1.82, 2.24) is 15.1 Å². The van der Waals surface area contributed by atoms with Crippen LogP contribution >= 0.6 is 0 Å². The third-order valence-corrected chi connectivity index (χ3v) is 5.54. The fraction of sp³-hybridized carbons (Fsp3) is 0.571. The maximum absolute atomic E-state index is 12.3. The van der Waals surface area contributed by atoms with Crippen molar-refractivity contribution in [3.63, 3.8) is 0 Å². The summed E-state index contributed by atoms with van der Waals surface area (Å²) in [5.41, 5.74) is 1.15. The highest BCUT2D eigenvalue weighted by Gasteiger charge is 2.29. The topological polar surface area (TPSA) is 79.0 Å². The van der Waals surface area contributed by atoms with Crippen LogP contribution in [-0.2, 0) is 14.4 Å². The molecule has 3 rings (SSSR count). The third kappa shape index (κ3) is 5.10. The molecule has 1 N–H and O–H groups in total. The van der Waals surface area contributed by atoms with Gasteiger partial charge in [0.05, 0.1) is 13.2 Å². The van der Waals surface area contributed by atoms with Crippen LogP contribution in [0.2, 0.25) is 0 Å². The van der Waals surface area contributed by atoms with Crippen LogP contribution < -0.4 is 10.1 Å². The van der Waals surface area contributed by atoms with Crippen LogP contribution in [0.5, 0.6) is 5.75 Å². The molecule has 2 aliphatic rings. The largest absolute Gasteiger partial charge is 0.497 e. The highest BCUT2D eigenvalue weighted by atomic mass is 16.5. The predicted octanol–water partition coefficient (Wildman–Crippen LogP) is 1.88. The predicted molar refractivity (Wildman–Crippen MR) is 105 cm³/mol. The summed E-state index contributed by atoms with van der Waals surface area (Å²) in [5.74, 6) is 0.317. The molecule has 28 heavy (non-hydrogen) atoms. The van der Waals surface area contributed by atoms with Crippen LogP contribution in [-0.4, -0.2) is 60.8 Å². The first kappa shape index (κ1) is 20.3. The summed E-state index contributed by atoms with van der Waals surface area (Å²) >= 11 is 0. The molecule has 152 valence electrons. The molecule has 1 aromatic carbocycles. The van der Waals surface area contributed by atoms with Crippen LogP contribution in [0, 0.1) is 0 Å². The van der Waals surface area contributed by atoms with Crippen molar-refractivity contribution < 1.29 is 19.1 Å². The summed E-state index contributed by atoms with van der Waals surface area (Å²) in [5, 5.41) is 3.00. The summed E-state index contributed by atoms with van der Waals surface area (Å²) in [7, 11) is 1.65. The lowest BCUT2D eigenvalue weighted by atomic mass is 10.0. The van der Waals surface area contributed by atoms with Gasteiger partial charge in [0.1, 0.15) is 5.75 Å². The Morgan fingerprint density at radius 3 is 2.32 bits per heavy atom. The normalized spacial score (nSPS) is 19.0. The molecule has 0 saturated carbocycles. The Kier molecular flexibility index (Phi) is 7.03. The summed E-state index contributed by atoms with van der Waals surface area (Å²) in [4.78, 5) is 39.3. The van der Waals surface area contributed by atoms with E-state index < -0.39 is 0 Å². The smallest absolute Gasteiger partial charge is 0.229 e. The van der Waals surface area contributed by atoms with E-state index in [0.29, 0.717) is 6.54 Å². The monoisotopic (exact) mass is 387 g/mol. The molecule has 2 fully saturated rings. The first-order valence-electron chi connectivity index (χ1n) is 10.1. The van der Waals surface area contributed by atoms with E-state index in [1.54, 1.807) is 7.11 Å². The van der Waals surface area contributed by atoms with Crippen LogP contribution in [0.4, 0.5) is 0 Å². The number of methoxy groups -OCH3 is 1. The zero-order valence-electron chi connectivity index (χ0n) is 16.5. The minimum Gasteiger partial charge on any atom is -0.497 e. The molecule has 2 saturated heterocycles. The van der Waals surface area contributed by atoms with Gasteiger partial charge in [-0.25, -0.2) is 0 Å². The Morgan fingerprint density at radius 1 is 1.07 bits per heavy atom. The number of imide groups is 1. The lowest BCUT2D eigenvalue weighted by Gasteiger charge is -2.35. The Morgan fingerprint density at radius 2 is 1.71 bits per heavy atom. The number of amides is 3. The van der Waals surface area contributed by atoms with Crippen molar-refractivity contribution in [2.45, 2.75) is 44.6 Å². The van der Waals surface area contributed by atoms with Crippen molar-refractivity contribution >= 4 is 17.7 Å². The van der Waals surface area contributed by atoms with E-state index in [1.807, 2.05) is 24.3 Å². The number of benzene rings is 1. The number of carbonyl (C=O) groups excluding carboxylic acids is 3. The molecule has 0 spiro atoms. The zero-order valence-corrected chi connectivity index (χ0v) is 16.5. The molecule has 2 aliphatic heterocycles. The zero-order chi connectivity index (χ0) is 19.9. The van der Waals surface area contributed by atoms with Gasteiger partial charge in [-0.1, -0.05) is 18.6 Å². The maximum atomic E-state index is 12.3. The van der Waals surface area contributed by atoms with Crippen molar-refractivity contribution in [3.05, 3.63) is 29.8 Å². The fourth-order valence-corrected chi connectivity index (χ4v) is 3.90. The molecule has 0 bridgehead atoms. The van der Waals surface area contributed by atoms with Crippen molar-refractivity contribution in [1.29, 1.82) is 0 Å². The van der Waals surface area contributed by atoms with Crippen LogP contribution in [0.3, 0.4) is 0 Å². The molecule has 2 heterocycles. The molecule has 7 nitrogen and oxygen atoms in total. The lowest BCUT2D eigenvalue weighted by molar-refractivity contribution is -0.138. The molecule has 7 heteroatoms. The van der Waals surface area contributed by atoms with Gasteiger partial charge in [0.15, 0.2) is 0 Å². The SMILES string of the molecule is COc1ccc([C@@H](CNC(=O)CCN2C(=O)CCC2=O)N2CCCCC2)cc1. The Balaban J connectivity index is 1.58. The molecule has 0 aromatic heterocycles. The number of nitrogens with one attached hydrogen (secondary N) is 1. The van der Waals surface area contributed by atoms with Gasteiger partial charge in [-0.3, -0.25) is 24.2 Å². The maximum Gasteiger partial charge on any atom is 0.229 e. The van der Waals surface area contributed by atoms with Gasteiger partial charge in [-0.05, 0) is 43.6 Å². The van der Waals surface area contributed by atoms with E-state index in [9.17, 15) is 14.4 Å². The van der Waals surface area contributed by atoms with Crippen molar-refractivity contribution in [2.75, 3.05) is 33.3 Å². The Hall–Kier alpha value is -2.41. The minimum atomic E-state index is -0.178. The van der Waals surface area contributed by atoms with Gasteiger partial charge in [0.2, 0.25) is 17.7 Å². The van der Waals surface area contributed by atoms with Gasteiger partial charge < -0.3 is 10.1 Å². The van der Waals surface area contributed by atoms with E-state index >= 15 is 0 Å². The fourth-order valence-electron chi connectivity index (χ4n) is 3.90. The van der Waals surface area contributed by atoms with E-state index in [0.717, 1.165) is 24.4 Å². The number of nitrogens with zero attached hydrogens (tertiary/aromatic N) is 2. The number of ether oxygens (including phenoxy) is 1. The second-order valence-corrected chi connectivity index (χ2v) is 7.38. The molecule has 0 radical (unpaired) electrons. The second-order valence-electron chi connectivity index (χ2n) is 7.38. The highest BCUT2D eigenvalue weighted by molar-refractivity contribution is 6.02. The number of hydrogen-bond donors (Lipinski definition) is 1. The van der Waals surface area contributed by atoms with Gasteiger partial charge in [-0.2, -0.15) is 0 Å². The Bertz CT molecular complexity index is 682. The number of rotatable bonds is 8. The standard InChI is InChI=1S/C21H29N3O4/c1-28-17-7-5-16(6-8-17)18(23-12-3-2-4-13-23)15-22-19(25)11-14-24-20(26)9-10-21(24)27/h5-8,18H,2-4,9-15H2,1H3,(H,22,25)/t18-/m1/s1. The number of likely N-dealkylation sites (tertiary alicyclic amines) is 2. The number of piperidine rings is 1. The summed E-state index contributed by atoms with van der Waals surface area (Å²) in [6.45, 7) is 2.71. The van der Waals surface area contributed by atoms with Gasteiger partial charge >= 0.3 is 0 Å². The van der Waals surface area contributed by atoms with E-state index in [-0.39, 0.29) is 49.6 Å². The van der Waals surface area contributed by atoms with E-state index in [4.69, 9.17) is 4.74 Å². The van der Waals surface area contributed by atoms with Crippen molar-refractivity contribution in [2.24, 2.45) is 0 Å². The van der Waals surface area contributed by atoms with Crippen LogP contribution in [0.1, 0.15) is 50.1 Å². The van der Waals surface area contributed by atoms with E-state index in [1.165, 1.54) is 24.2 Å². The van der Waals surface area contributed by atoms with E-state index in [2.05, 4.69) is 10.2 Å². The van der Waals surface area contributed by atoms with Gasteiger partial charge in [0, 0.05) is 32.4 Å². The van der Waals surface area contributed by atoms with Gasteiger partial charge in [0.25, 0.3) is 0 Å². The molecular formula is C21H29N3O4. The molecule has 1 aromatic rings. The first-order chi connectivity index (χ1) is 13.6. The second kappa shape index (κ2) is 9.68. The number of hydrogen-bond acceptors (Lipinski definition) is 5. The molecule has 0 aliphatic carbocycles. The molecule has 0 unspecified atom stereocenters. The Labute approximate surface area is 166 Å². The summed E-state index contributed by atoms with van der Waals surface area (Å²) in [6, 6.07) is 8.08. The lowest BCUT2D eigenvalue weighted by Crippen LogP contribution is -2.41. The average Bonchev–Trinajstić information content (AvgIpc) is 3.05. The summed E-state index contributed by atoms with van der Waals surface area (Å²) in [6.07, 6.45) is 4.24. The van der Waals surface area contributed by atoms with Crippen LogP contribution in [0.15, 0.2) is 24.3 Å².